The zero-order valence-electron chi connectivity index (χ0n) is 24.7. The van der Waals surface area contributed by atoms with Gasteiger partial charge in [-0.1, -0.05) is 62.8 Å². The normalized spacial score (nSPS) is 18.2. The second-order valence-corrected chi connectivity index (χ2v) is 12.0. The number of carbonyl (C=O) groups excluding carboxylic acids is 2. The molecule has 1 aromatic heterocycles. The number of Topliss-reactive ketones (excluding diaryl/α,β-unsaturated/α-hetero) is 1. The van der Waals surface area contributed by atoms with E-state index in [-0.39, 0.29) is 24.2 Å². The van der Waals surface area contributed by atoms with Gasteiger partial charge in [-0.25, -0.2) is 0 Å². The van der Waals surface area contributed by atoms with Crippen LogP contribution in [0, 0.1) is 11.8 Å². The number of aromatic amines is 1. The summed E-state index contributed by atoms with van der Waals surface area (Å²) in [6.45, 7) is 11.3. The van der Waals surface area contributed by atoms with Gasteiger partial charge in [0.15, 0.2) is 5.78 Å². The van der Waals surface area contributed by atoms with Crippen molar-refractivity contribution in [2.75, 3.05) is 18.1 Å². The summed E-state index contributed by atoms with van der Waals surface area (Å²) in [4.78, 5) is 32.9. The molecule has 214 valence electrons. The zero-order chi connectivity index (χ0) is 28.8. The van der Waals surface area contributed by atoms with Gasteiger partial charge in [0, 0.05) is 35.8 Å². The molecule has 3 N–H and O–H groups in total. The van der Waals surface area contributed by atoms with Crippen molar-refractivity contribution in [1.29, 1.82) is 0 Å². The third-order valence-electron chi connectivity index (χ3n) is 8.06. The number of aliphatic hydroxyl groups excluding tert-OH is 1. The second-order valence-electron chi connectivity index (χ2n) is 12.0. The molecule has 40 heavy (non-hydrogen) atoms. The standard InChI is InChI=1S/C34H45N3O3/c1-22(2)10-9-11-24(5)16-17-37-29-15-14-28(30(39)18-25-12-7-6-8-13-25)32-31(29)26(20-35-32)19-27(21-38)36-34(40)33(37)23(3)4/h6-8,10,12-15,20,23-24,27,33,35,38H,9,11,16-19,21H2,1-5H3,(H,36,40)/t24-,27-,33-/m0/s1. The Hall–Kier alpha value is -3.38. The van der Waals surface area contributed by atoms with E-state index in [9.17, 15) is 14.7 Å². The summed E-state index contributed by atoms with van der Waals surface area (Å²) < 4.78 is 0. The van der Waals surface area contributed by atoms with E-state index in [0.717, 1.165) is 53.5 Å². The molecule has 4 rings (SSSR count). The summed E-state index contributed by atoms with van der Waals surface area (Å²) in [5, 5.41) is 14.3. The number of carbonyl (C=O) groups is 2. The van der Waals surface area contributed by atoms with E-state index in [1.807, 2.05) is 48.7 Å². The van der Waals surface area contributed by atoms with E-state index in [2.05, 4.69) is 55.9 Å². The third-order valence-corrected chi connectivity index (χ3v) is 8.06. The van der Waals surface area contributed by atoms with Crippen molar-refractivity contribution in [3.63, 3.8) is 0 Å². The fraction of sp³-hybridized carbons (Fsp3) is 0.471. The number of amides is 1. The van der Waals surface area contributed by atoms with E-state index in [4.69, 9.17) is 0 Å². The van der Waals surface area contributed by atoms with E-state index >= 15 is 0 Å². The number of hydrogen-bond acceptors (Lipinski definition) is 4. The van der Waals surface area contributed by atoms with Crippen LogP contribution in [0.2, 0.25) is 0 Å². The summed E-state index contributed by atoms with van der Waals surface area (Å²) >= 11 is 0. The summed E-state index contributed by atoms with van der Waals surface area (Å²) in [7, 11) is 0. The van der Waals surface area contributed by atoms with Gasteiger partial charge in [0.05, 0.1) is 18.2 Å². The van der Waals surface area contributed by atoms with E-state index in [1.165, 1.54) is 5.57 Å². The predicted molar refractivity (Wildman–Crippen MR) is 164 cm³/mol. The van der Waals surface area contributed by atoms with Crippen molar-refractivity contribution < 1.29 is 14.7 Å². The van der Waals surface area contributed by atoms with Crippen molar-refractivity contribution in [2.45, 2.75) is 78.8 Å². The maximum absolute atomic E-state index is 13.7. The van der Waals surface area contributed by atoms with Crippen LogP contribution >= 0.6 is 0 Å². The lowest BCUT2D eigenvalue weighted by molar-refractivity contribution is -0.124. The first-order valence-corrected chi connectivity index (χ1v) is 14.7. The van der Waals surface area contributed by atoms with Crippen LogP contribution in [0.5, 0.6) is 0 Å². The Morgan fingerprint density at radius 3 is 2.52 bits per heavy atom. The molecule has 0 aliphatic carbocycles. The first-order chi connectivity index (χ1) is 19.2. The van der Waals surface area contributed by atoms with Crippen LogP contribution in [0.4, 0.5) is 5.69 Å². The number of anilines is 1. The highest BCUT2D eigenvalue weighted by Crippen LogP contribution is 2.37. The van der Waals surface area contributed by atoms with Gasteiger partial charge >= 0.3 is 0 Å². The van der Waals surface area contributed by atoms with Crippen LogP contribution in [0.3, 0.4) is 0 Å². The van der Waals surface area contributed by atoms with E-state index in [0.29, 0.717) is 24.3 Å². The largest absolute Gasteiger partial charge is 0.394 e. The predicted octanol–water partition coefficient (Wildman–Crippen LogP) is 6.23. The van der Waals surface area contributed by atoms with Gasteiger partial charge in [-0.15, -0.1) is 0 Å². The highest BCUT2D eigenvalue weighted by molar-refractivity contribution is 6.12. The first kappa shape index (κ1) is 29.6. The number of ketones is 1. The van der Waals surface area contributed by atoms with Gasteiger partial charge in [-0.2, -0.15) is 0 Å². The molecule has 1 aliphatic rings. The molecule has 0 radical (unpaired) electrons. The molecule has 0 spiro atoms. The zero-order valence-corrected chi connectivity index (χ0v) is 24.7. The Labute approximate surface area is 238 Å². The number of nitrogens with one attached hydrogen (secondary N) is 2. The van der Waals surface area contributed by atoms with Crippen LogP contribution in [-0.2, 0) is 17.6 Å². The first-order valence-electron chi connectivity index (χ1n) is 14.7. The molecule has 6 heteroatoms. The molecule has 3 atom stereocenters. The topological polar surface area (TPSA) is 85.4 Å². The molecule has 0 fully saturated rings. The summed E-state index contributed by atoms with van der Waals surface area (Å²) in [5.41, 5.74) is 5.77. The number of hydrogen-bond donors (Lipinski definition) is 3. The highest BCUT2D eigenvalue weighted by atomic mass is 16.3. The van der Waals surface area contributed by atoms with Crippen LogP contribution < -0.4 is 10.2 Å². The quantitative estimate of drug-likeness (QED) is 0.198. The van der Waals surface area contributed by atoms with Gasteiger partial charge in [-0.3, -0.25) is 9.59 Å². The molecule has 1 aliphatic heterocycles. The minimum Gasteiger partial charge on any atom is -0.394 e. The third kappa shape index (κ3) is 6.84. The number of nitrogens with zero attached hydrogens (tertiary/aromatic N) is 1. The number of benzene rings is 2. The average molecular weight is 544 g/mol. The van der Waals surface area contributed by atoms with E-state index < -0.39 is 12.1 Å². The van der Waals surface area contributed by atoms with E-state index in [1.54, 1.807) is 0 Å². The Balaban J connectivity index is 1.76. The molecule has 6 nitrogen and oxygen atoms in total. The number of H-pyrrole nitrogens is 1. The van der Waals surface area contributed by atoms with Crippen LogP contribution in [-0.4, -0.2) is 47.0 Å². The lowest BCUT2D eigenvalue weighted by Crippen LogP contribution is -2.53. The Bertz CT molecular complexity index is 1340. The summed E-state index contributed by atoms with van der Waals surface area (Å²) in [6, 6.07) is 13.0. The van der Waals surface area contributed by atoms with Gasteiger partial charge in [-0.05, 0) is 74.6 Å². The Morgan fingerprint density at radius 1 is 1.10 bits per heavy atom. The molecule has 2 aromatic carbocycles. The van der Waals surface area contributed by atoms with Crippen molar-refractivity contribution in [3.8, 4) is 0 Å². The lowest BCUT2D eigenvalue weighted by atomic mass is 9.94. The molecule has 1 amide bonds. The molecule has 0 bridgehead atoms. The summed E-state index contributed by atoms with van der Waals surface area (Å²) in [5.74, 6) is 0.545. The van der Waals surface area contributed by atoms with Gasteiger partial charge in [0.2, 0.25) is 5.91 Å². The van der Waals surface area contributed by atoms with Crippen molar-refractivity contribution in [2.24, 2.45) is 11.8 Å². The molecule has 0 unspecified atom stereocenters. The Morgan fingerprint density at radius 2 is 1.85 bits per heavy atom. The molecule has 3 aromatic rings. The monoisotopic (exact) mass is 543 g/mol. The lowest BCUT2D eigenvalue weighted by Gasteiger charge is -2.36. The van der Waals surface area contributed by atoms with Crippen molar-refractivity contribution >= 4 is 28.3 Å². The Kier molecular flexibility index (Phi) is 9.85. The van der Waals surface area contributed by atoms with Crippen LogP contribution in [0.15, 0.2) is 60.3 Å². The number of rotatable bonds is 11. The molecule has 0 saturated carbocycles. The molecule has 0 saturated heterocycles. The van der Waals surface area contributed by atoms with Gasteiger partial charge < -0.3 is 20.3 Å². The van der Waals surface area contributed by atoms with Crippen LogP contribution in [0.1, 0.15) is 75.4 Å². The van der Waals surface area contributed by atoms with Crippen LogP contribution in [0.25, 0.3) is 10.9 Å². The maximum Gasteiger partial charge on any atom is 0.243 e. The molecular weight excluding hydrogens is 498 g/mol. The SMILES string of the molecule is CC(C)=CCC[C@H](C)CCN1c2ccc(C(=O)Cc3ccccc3)c3[nH]cc(c23)C[C@@H](CO)NC(=O)[C@@H]1C(C)C. The smallest absolute Gasteiger partial charge is 0.243 e. The number of allylic oxidation sites excluding steroid dienone is 2. The van der Waals surface area contributed by atoms with Crippen molar-refractivity contribution in [1.82, 2.24) is 10.3 Å². The number of aliphatic hydroxyl groups is 1. The number of aromatic nitrogens is 1. The van der Waals surface area contributed by atoms with Crippen molar-refractivity contribution in [3.05, 3.63) is 77.0 Å². The fourth-order valence-electron chi connectivity index (χ4n) is 5.89. The fourth-order valence-corrected chi connectivity index (χ4v) is 5.89. The summed E-state index contributed by atoms with van der Waals surface area (Å²) in [6.07, 6.45) is 8.15. The minimum atomic E-state index is -0.396. The highest BCUT2D eigenvalue weighted by Gasteiger charge is 2.34. The van der Waals surface area contributed by atoms with Gasteiger partial charge in [0.1, 0.15) is 6.04 Å². The molecular formula is C34H45N3O3. The molecule has 2 heterocycles. The average Bonchev–Trinajstić information content (AvgIpc) is 3.34. The maximum atomic E-state index is 13.7. The second kappa shape index (κ2) is 13.3. The van der Waals surface area contributed by atoms with Gasteiger partial charge in [0.25, 0.3) is 0 Å². The minimum absolute atomic E-state index is 0.0512.